The highest BCUT2D eigenvalue weighted by molar-refractivity contribution is 5.96. The molecule has 0 radical (unpaired) electrons. The topological polar surface area (TPSA) is 38.3 Å². The number of anilines is 1. The van der Waals surface area contributed by atoms with Gasteiger partial charge in [-0.05, 0) is 50.5 Å². The minimum Gasteiger partial charge on any atom is -0.494 e. The van der Waals surface area contributed by atoms with Crippen molar-refractivity contribution < 1.29 is 9.53 Å². The van der Waals surface area contributed by atoms with E-state index in [1.807, 2.05) is 37.4 Å². The van der Waals surface area contributed by atoms with E-state index in [1.165, 1.54) is 0 Å². The number of carbonyl (C=O) groups is 1. The Morgan fingerprint density at radius 3 is 2.61 bits per heavy atom. The van der Waals surface area contributed by atoms with Crippen molar-refractivity contribution in [1.82, 2.24) is 0 Å². The average Bonchev–Trinajstić information content (AvgIpc) is 2.40. The van der Waals surface area contributed by atoms with Crippen LogP contribution in [0.2, 0.25) is 0 Å². The molecule has 1 aromatic carbocycles. The van der Waals surface area contributed by atoms with Gasteiger partial charge in [-0.15, -0.1) is 0 Å². The molecule has 1 N–H and O–H groups in total. The first-order valence-electron chi connectivity index (χ1n) is 6.51. The molecule has 1 aliphatic carbocycles. The fraction of sp³-hybridized carbons (Fsp3) is 0.400. The quantitative estimate of drug-likeness (QED) is 0.825. The van der Waals surface area contributed by atoms with Gasteiger partial charge < -0.3 is 10.1 Å². The molecule has 0 aromatic heterocycles. The molecule has 0 saturated heterocycles. The number of nitrogens with one attached hydrogen (secondary N) is 1. The first-order valence-corrected chi connectivity index (χ1v) is 6.51. The molecule has 0 bridgehead atoms. The van der Waals surface area contributed by atoms with Crippen LogP contribution in [0.3, 0.4) is 0 Å². The molecule has 0 unspecified atom stereocenters. The normalized spacial score (nSPS) is 17.8. The van der Waals surface area contributed by atoms with Crippen LogP contribution in [-0.2, 0) is 4.79 Å². The van der Waals surface area contributed by atoms with Crippen LogP contribution in [0.25, 0.3) is 0 Å². The summed E-state index contributed by atoms with van der Waals surface area (Å²) in [4.78, 5) is 11.6. The van der Waals surface area contributed by atoms with E-state index in [0.29, 0.717) is 13.0 Å². The summed E-state index contributed by atoms with van der Waals surface area (Å²) in [7, 11) is 0. The largest absolute Gasteiger partial charge is 0.494 e. The molecule has 2 rings (SSSR count). The molecule has 0 amide bonds. The van der Waals surface area contributed by atoms with Crippen LogP contribution in [0.15, 0.2) is 36.0 Å². The van der Waals surface area contributed by atoms with Crippen LogP contribution in [0.1, 0.15) is 32.6 Å². The molecule has 3 nitrogen and oxygen atoms in total. The Labute approximate surface area is 108 Å². The molecule has 3 heteroatoms. The Bertz CT molecular complexity index is 434. The number of carbonyl (C=O) groups excluding carboxylic acids is 1. The Morgan fingerprint density at radius 2 is 1.94 bits per heavy atom. The molecule has 0 atom stereocenters. The Kier molecular flexibility index (Phi) is 4.40. The van der Waals surface area contributed by atoms with Crippen LogP contribution < -0.4 is 10.1 Å². The molecule has 0 spiro atoms. The average molecular weight is 245 g/mol. The lowest BCUT2D eigenvalue weighted by atomic mass is 9.94. The Hall–Kier alpha value is -1.77. The van der Waals surface area contributed by atoms with Crippen molar-refractivity contribution in [3.05, 3.63) is 36.0 Å². The van der Waals surface area contributed by atoms with Crippen LogP contribution in [0.4, 0.5) is 5.69 Å². The monoisotopic (exact) mass is 245 g/mol. The molecule has 18 heavy (non-hydrogen) atoms. The van der Waals surface area contributed by atoms with Crippen molar-refractivity contribution >= 4 is 11.5 Å². The second-order valence-electron chi connectivity index (χ2n) is 4.40. The Balaban J connectivity index is 1.96. The summed E-state index contributed by atoms with van der Waals surface area (Å²) in [6, 6.07) is 7.75. The van der Waals surface area contributed by atoms with E-state index in [-0.39, 0.29) is 5.78 Å². The van der Waals surface area contributed by atoms with Crippen LogP contribution in [0.5, 0.6) is 5.75 Å². The van der Waals surface area contributed by atoms with E-state index in [0.717, 1.165) is 36.3 Å². The molecule has 1 fully saturated rings. The zero-order chi connectivity index (χ0) is 12.8. The fourth-order valence-corrected chi connectivity index (χ4v) is 2.04. The lowest BCUT2D eigenvalue weighted by Gasteiger charge is -2.13. The highest BCUT2D eigenvalue weighted by atomic mass is 16.5. The molecular weight excluding hydrogens is 226 g/mol. The van der Waals surface area contributed by atoms with Gasteiger partial charge in [0, 0.05) is 23.9 Å². The van der Waals surface area contributed by atoms with E-state index < -0.39 is 0 Å². The number of benzene rings is 1. The van der Waals surface area contributed by atoms with Crippen LogP contribution >= 0.6 is 0 Å². The summed E-state index contributed by atoms with van der Waals surface area (Å²) < 4.78 is 5.38. The van der Waals surface area contributed by atoms with Crippen molar-refractivity contribution in [2.45, 2.75) is 32.6 Å². The second-order valence-corrected chi connectivity index (χ2v) is 4.40. The van der Waals surface area contributed by atoms with Gasteiger partial charge in [-0.2, -0.15) is 0 Å². The van der Waals surface area contributed by atoms with E-state index >= 15 is 0 Å². The highest BCUT2D eigenvalue weighted by Crippen LogP contribution is 2.21. The molecule has 0 aliphatic heterocycles. The third-order valence-electron chi connectivity index (χ3n) is 3.04. The number of hydrogen-bond acceptors (Lipinski definition) is 3. The van der Waals surface area contributed by atoms with Crippen molar-refractivity contribution in [2.75, 3.05) is 11.9 Å². The summed E-state index contributed by atoms with van der Waals surface area (Å²) >= 11 is 0. The minimum absolute atomic E-state index is 0.277. The van der Waals surface area contributed by atoms with Gasteiger partial charge in [0.05, 0.1) is 6.61 Å². The molecular formula is C15H19NO2. The SMILES string of the molecule is CCOc1ccc(N/C=C2\CCCCC2=O)cc1. The maximum Gasteiger partial charge on any atom is 0.160 e. The number of rotatable bonds is 4. The van der Waals surface area contributed by atoms with Crippen molar-refractivity contribution in [3.8, 4) is 5.75 Å². The minimum atomic E-state index is 0.277. The lowest BCUT2D eigenvalue weighted by molar-refractivity contribution is -0.116. The van der Waals surface area contributed by atoms with E-state index in [1.54, 1.807) is 0 Å². The standard InChI is InChI=1S/C15H19NO2/c1-2-18-14-9-7-13(8-10-14)16-11-12-5-3-4-6-15(12)17/h7-11,16H,2-6H2,1H3/b12-11+. The third-order valence-corrected chi connectivity index (χ3v) is 3.04. The first-order chi connectivity index (χ1) is 8.79. The lowest BCUT2D eigenvalue weighted by Crippen LogP contribution is -2.09. The molecule has 1 saturated carbocycles. The predicted octanol–water partition coefficient (Wildman–Crippen LogP) is 3.52. The van der Waals surface area contributed by atoms with Gasteiger partial charge in [0.1, 0.15) is 5.75 Å². The van der Waals surface area contributed by atoms with Gasteiger partial charge in [0.15, 0.2) is 5.78 Å². The summed E-state index contributed by atoms with van der Waals surface area (Å²) in [6.07, 6.45) is 5.57. The summed E-state index contributed by atoms with van der Waals surface area (Å²) in [6.45, 7) is 2.64. The maximum absolute atomic E-state index is 11.6. The van der Waals surface area contributed by atoms with Gasteiger partial charge in [-0.1, -0.05) is 0 Å². The van der Waals surface area contributed by atoms with E-state index in [4.69, 9.17) is 4.74 Å². The van der Waals surface area contributed by atoms with E-state index in [2.05, 4.69) is 5.32 Å². The number of ketones is 1. The molecule has 1 aliphatic rings. The number of Topliss-reactive ketones (excluding diaryl/α,β-unsaturated/α-hetero) is 1. The van der Waals surface area contributed by atoms with Crippen molar-refractivity contribution in [3.63, 3.8) is 0 Å². The number of ether oxygens (including phenoxy) is 1. The zero-order valence-electron chi connectivity index (χ0n) is 10.7. The van der Waals surface area contributed by atoms with Gasteiger partial charge in [0.25, 0.3) is 0 Å². The predicted molar refractivity (Wildman–Crippen MR) is 72.8 cm³/mol. The van der Waals surface area contributed by atoms with Gasteiger partial charge >= 0.3 is 0 Å². The summed E-state index contributed by atoms with van der Waals surface area (Å²) in [5.74, 6) is 1.14. The molecule has 1 aromatic rings. The zero-order valence-corrected chi connectivity index (χ0v) is 10.7. The van der Waals surface area contributed by atoms with Crippen LogP contribution in [-0.4, -0.2) is 12.4 Å². The third kappa shape index (κ3) is 3.36. The maximum atomic E-state index is 11.6. The molecule has 96 valence electrons. The smallest absolute Gasteiger partial charge is 0.160 e. The van der Waals surface area contributed by atoms with Gasteiger partial charge in [-0.3, -0.25) is 4.79 Å². The Morgan fingerprint density at radius 1 is 1.22 bits per heavy atom. The number of allylic oxidation sites excluding steroid dienone is 1. The van der Waals surface area contributed by atoms with Crippen molar-refractivity contribution in [1.29, 1.82) is 0 Å². The van der Waals surface area contributed by atoms with Crippen LogP contribution in [0, 0.1) is 0 Å². The number of hydrogen-bond donors (Lipinski definition) is 1. The van der Waals surface area contributed by atoms with Crippen molar-refractivity contribution in [2.24, 2.45) is 0 Å². The summed E-state index contributed by atoms with van der Waals surface area (Å²) in [5.41, 5.74) is 1.89. The summed E-state index contributed by atoms with van der Waals surface area (Å²) in [5, 5.41) is 3.18. The van der Waals surface area contributed by atoms with Gasteiger partial charge in [0.2, 0.25) is 0 Å². The van der Waals surface area contributed by atoms with E-state index in [9.17, 15) is 4.79 Å². The fourth-order valence-electron chi connectivity index (χ4n) is 2.04. The van der Waals surface area contributed by atoms with Gasteiger partial charge in [-0.25, -0.2) is 0 Å². The molecule has 0 heterocycles. The highest BCUT2D eigenvalue weighted by Gasteiger charge is 2.14. The first kappa shape index (κ1) is 12.7. The second kappa shape index (κ2) is 6.24.